The van der Waals surface area contributed by atoms with Crippen molar-refractivity contribution >= 4 is 27.3 Å². The number of hydrogen-bond donors (Lipinski definition) is 1. The van der Waals surface area contributed by atoms with Gasteiger partial charge in [-0.1, -0.05) is 15.9 Å². The number of anilines is 2. The van der Waals surface area contributed by atoms with E-state index in [9.17, 15) is 0 Å². The van der Waals surface area contributed by atoms with Crippen LogP contribution >= 0.6 is 15.9 Å². The van der Waals surface area contributed by atoms with Crippen LogP contribution in [0, 0.1) is 17.2 Å². The number of benzene rings is 1. The predicted octanol–water partition coefficient (Wildman–Crippen LogP) is 3.02. The molecule has 0 aliphatic carbocycles. The van der Waals surface area contributed by atoms with E-state index >= 15 is 0 Å². The fraction of sp³-hybridized carbons (Fsp3) is 0.417. The Kier molecular flexibility index (Phi) is 4.63. The molecule has 16 heavy (non-hydrogen) atoms. The van der Waals surface area contributed by atoms with Gasteiger partial charge >= 0.3 is 0 Å². The molecule has 0 aliphatic heterocycles. The molecule has 0 radical (unpaired) electrons. The lowest BCUT2D eigenvalue weighted by Crippen LogP contribution is -2.28. The van der Waals surface area contributed by atoms with Crippen LogP contribution in [0.25, 0.3) is 0 Å². The molecule has 0 fully saturated rings. The molecule has 0 aliphatic rings. The van der Waals surface area contributed by atoms with E-state index in [1.54, 1.807) is 0 Å². The normalized spacial score (nSPS) is 11.9. The molecule has 1 aromatic carbocycles. The molecule has 1 aromatic rings. The topological polar surface area (TPSA) is 53.0 Å². The van der Waals surface area contributed by atoms with Gasteiger partial charge in [-0.3, -0.25) is 0 Å². The summed E-state index contributed by atoms with van der Waals surface area (Å²) in [4.78, 5) is 2.12. The third-order valence-electron chi connectivity index (χ3n) is 2.43. The first-order valence-corrected chi connectivity index (χ1v) is 6.07. The van der Waals surface area contributed by atoms with Crippen molar-refractivity contribution in [2.75, 3.05) is 23.7 Å². The van der Waals surface area contributed by atoms with Gasteiger partial charge in [-0.05, 0) is 32.0 Å². The number of rotatable bonds is 4. The zero-order valence-electron chi connectivity index (χ0n) is 9.57. The van der Waals surface area contributed by atoms with Crippen molar-refractivity contribution in [2.24, 2.45) is 5.92 Å². The van der Waals surface area contributed by atoms with E-state index in [0.717, 1.165) is 22.4 Å². The van der Waals surface area contributed by atoms with Crippen molar-refractivity contribution < 1.29 is 0 Å². The highest BCUT2D eigenvalue weighted by atomic mass is 79.9. The molecule has 0 bridgehead atoms. The molecule has 1 atom stereocenters. The first kappa shape index (κ1) is 12.9. The fourth-order valence-electron chi connectivity index (χ4n) is 1.56. The maximum atomic E-state index is 8.83. The average Bonchev–Trinajstić information content (AvgIpc) is 2.29. The molecule has 1 rings (SSSR count). The van der Waals surface area contributed by atoms with Crippen LogP contribution in [0.3, 0.4) is 0 Å². The monoisotopic (exact) mass is 281 g/mol. The Morgan fingerprint density at radius 1 is 1.56 bits per heavy atom. The van der Waals surface area contributed by atoms with E-state index in [4.69, 9.17) is 11.0 Å². The van der Waals surface area contributed by atoms with Gasteiger partial charge in [0.25, 0.3) is 0 Å². The average molecular weight is 282 g/mol. The summed E-state index contributed by atoms with van der Waals surface area (Å²) in [5.41, 5.74) is 7.67. The number of nitrogens with two attached hydrogens (primary N) is 1. The molecule has 0 amide bonds. The lowest BCUT2D eigenvalue weighted by atomic mass is 10.1. The van der Waals surface area contributed by atoms with Gasteiger partial charge in [0.2, 0.25) is 0 Å². The van der Waals surface area contributed by atoms with Crippen LogP contribution < -0.4 is 10.6 Å². The Hall–Kier alpha value is -1.21. The van der Waals surface area contributed by atoms with E-state index in [0.29, 0.717) is 6.54 Å². The summed E-state index contributed by atoms with van der Waals surface area (Å²) >= 11 is 3.43. The second-order valence-electron chi connectivity index (χ2n) is 3.77. The van der Waals surface area contributed by atoms with Crippen molar-refractivity contribution in [1.82, 2.24) is 0 Å². The molecule has 4 heteroatoms. The second-order valence-corrected chi connectivity index (χ2v) is 4.69. The van der Waals surface area contributed by atoms with Gasteiger partial charge < -0.3 is 10.6 Å². The van der Waals surface area contributed by atoms with Gasteiger partial charge in [0, 0.05) is 17.6 Å². The summed E-state index contributed by atoms with van der Waals surface area (Å²) in [7, 11) is 0. The van der Waals surface area contributed by atoms with Gasteiger partial charge in [-0.25, -0.2) is 0 Å². The Morgan fingerprint density at radius 3 is 2.81 bits per heavy atom. The first-order valence-electron chi connectivity index (χ1n) is 5.28. The number of nitrogen functional groups attached to an aromatic ring is 1. The van der Waals surface area contributed by atoms with Gasteiger partial charge in [0.1, 0.15) is 0 Å². The minimum absolute atomic E-state index is 0.00154. The summed E-state index contributed by atoms with van der Waals surface area (Å²) in [6, 6.07) is 8.02. The quantitative estimate of drug-likeness (QED) is 0.864. The molecule has 2 N–H and O–H groups in total. The van der Waals surface area contributed by atoms with Crippen LogP contribution in [-0.2, 0) is 0 Å². The standard InChI is InChI=1S/C12H16BrN3/c1-3-16(8-9(2)7-14)12-6-10(13)4-5-11(12)15/h4-6,9H,3,8,15H2,1-2H3. The van der Waals surface area contributed by atoms with Crippen molar-refractivity contribution in [3.63, 3.8) is 0 Å². The highest BCUT2D eigenvalue weighted by Gasteiger charge is 2.11. The predicted molar refractivity (Wildman–Crippen MR) is 71.2 cm³/mol. The van der Waals surface area contributed by atoms with Crippen molar-refractivity contribution in [3.8, 4) is 6.07 Å². The lowest BCUT2D eigenvalue weighted by Gasteiger charge is -2.25. The first-order chi connectivity index (χ1) is 7.58. The van der Waals surface area contributed by atoms with E-state index in [1.165, 1.54) is 0 Å². The summed E-state index contributed by atoms with van der Waals surface area (Å²) in [6.07, 6.45) is 0. The van der Waals surface area contributed by atoms with E-state index in [1.807, 2.05) is 25.1 Å². The zero-order chi connectivity index (χ0) is 12.1. The molecule has 0 saturated carbocycles. The zero-order valence-corrected chi connectivity index (χ0v) is 11.2. The maximum Gasteiger partial charge on any atom is 0.0671 e. The minimum atomic E-state index is -0.00154. The minimum Gasteiger partial charge on any atom is -0.397 e. The molecule has 1 unspecified atom stereocenters. The molecule has 0 spiro atoms. The molecule has 0 heterocycles. The molecule has 3 nitrogen and oxygen atoms in total. The van der Waals surface area contributed by atoms with Crippen LogP contribution in [0.4, 0.5) is 11.4 Å². The van der Waals surface area contributed by atoms with Crippen molar-refractivity contribution in [2.45, 2.75) is 13.8 Å². The second kappa shape index (κ2) is 5.76. The molecular weight excluding hydrogens is 266 g/mol. The van der Waals surface area contributed by atoms with Crippen LogP contribution in [0.1, 0.15) is 13.8 Å². The van der Waals surface area contributed by atoms with Gasteiger partial charge in [0.05, 0.1) is 23.4 Å². The smallest absolute Gasteiger partial charge is 0.0671 e. The van der Waals surface area contributed by atoms with Crippen LogP contribution in [0.2, 0.25) is 0 Å². The van der Waals surface area contributed by atoms with E-state index < -0.39 is 0 Å². The Labute approximate surface area is 105 Å². The number of nitrogens with zero attached hydrogens (tertiary/aromatic N) is 2. The molecule has 86 valence electrons. The molecule has 0 aromatic heterocycles. The summed E-state index contributed by atoms with van der Waals surface area (Å²) in [5.74, 6) is -0.00154. The number of halogens is 1. The van der Waals surface area contributed by atoms with Crippen LogP contribution in [0.15, 0.2) is 22.7 Å². The summed E-state index contributed by atoms with van der Waals surface area (Å²) in [6.45, 7) is 5.52. The van der Waals surface area contributed by atoms with Crippen molar-refractivity contribution in [1.29, 1.82) is 5.26 Å². The van der Waals surface area contributed by atoms with E-state index in [2.05, 4.69) is 33.8 Å². The fourth-order valence-corrected chi connectivity index (χ4v) is 1.91. The summed E-state index contributed by atoms with van der Waals surface area (Å²) in [5, 5.41) is 8.83. The Morgan fingerprint density at radius 2 is 2.25 bits per heavy atom. The Balaban J connectivity index is 2.95. The third-order valence-corrected chi connectivity index (χ3v) is 2.92. The number of hydrogen-bond acceptors (Lipinski definition) is 3. The van der Waals surface area contributed by atoms with Gasteiger partial charge in [-0.2, -0.15) is 5.26 Å². The molecule has 0 saturated heterocycles. The van der Waals surface area contributed by atoms with E-state index in [-0.39, 0.29) is 5.92 Å². The largest absolute Gasteiger partial charge is 0.397 e. The maximum absolute atomic E-state index is 8.83. The van der Waals surface area contributed by atoms with Crippen LogP contribution in [0.5, 0.6) is 0 Å². The van der Waals surface area contributed by atoms with Crippen molar-refractivity contribution in [3.05, 3.63) is 22.7 Å². The Bertz CT molecular complexity index is 398. The lowest BCUT2D eigenvalue weighted by molar-refractivity contribution is 0.687. The third kappa shape index (κ3) is 3.14. The summed E-state index contributed by atoms with van der Waals surface area (Å²) < 4.78 is 1.000. The molecular formula is C12H16BrN3. The highest BCUT2D eigenvalue weighted by Crippen LogP contribution is 2.27. The number of nitriles is 1. The van der Waals surface area contributed by atoms with Crippen LogP contribution in [-0.4, -0.2) is 13.1 Å². The highest BCUT2D eigenvalue weighted by molar-refractivity contribution is 9.10. The SMILES string of the molecule is CCN(CC(C)C#N)c1cc(Br)ccc1N. The van der Waals surface area contributed by atoms with Gasteiger partial charge in [0.15, 0.2) is 0 Å². The van der Waals surface area contributed by atoms with Gasteiger partial charge in [-0.15, -0.1) is 0 Å².